The first-order valence-corrected chi connectivity index (χ1v) is 5.35. The summed E-state index contributed by atoms with van der Waals surface area (Å²) in [5.41, 5.74) is 3.02. The SMILES string of the molecule is CC(=O)c1ccc2c3c(cccc13)CC=N2. The largest absolute Gasteiger partial charge is 0.294 e. The van der Waals surface area contributed by atoms with Crippen molar-refractivity contribution >= 4 is 28.5 Å². The van der Waals surface area contributed by atoms with E-state index in [1.807, 2.05) is 30.5 Å². The molecular weight excluding hydrogens is 198 g/mol. The summed E-state index contributed by atoms with van der Waals surface area (Å²) < 4.78 is 0. The van der Waals surface area contributed by atoms with E-state index in [2.05, 4.69) is 11.1 Å². The van der Waals surface area contributed by atoms with Crippen LogP contribution in [0.3, 0.4) is 0 Å². The Hall–Kier alpha value is -1.96. The Labute approximate surface area is 93.6 Å². The standard InChI is InChI=1S/C14H11NO/c1-9(16)11-5-6-13-14-10(7-8-15-13)3-2-4-12(11)14/h2-6,8H,7H2,1H3. The maximum absolute atomic E-state index is 11.5. The van der Waals surface area contributed by atoms with Gasteiger partial charge in [0.15, 0.2) is 5.78 Å². The van der Waals surface area contributed by atoms with E-state index in [-0.39, 0.29) is 5.78 Å². The maximum Gasteiger partial charge on any atom is 0.160 e. The molecule has 0 atom stereocenters. The molecule has 2 heteroatoms. The van der Waals surface area contributed by atoms with Crippen LogP contribution in [0, 0.1) is 0 Å². The van der Waals surface area contributed by atoms with Crippen molar-refractivity contribution in [1.82, 2.24) is 0 Å². The molecule has 2 nitrogen and oxygen atoms in total. The molecule has 0 spiro atoms. The minimum Gasteiger partial charge on any atom is -0.294 e. The maximum atomic E-state index is 11.5. The second-order valence-electron chi connectivity index (χ2n) is 4.04. The normalized spacial score (nSPS) is 13.1. The van der Waals surface area contributed by atoms with E-state index in [9.17, 15) is 4.79 Å². The van der Waals surface area contributed by atoms with Gasteiger partial charge in [0.2, 0.25) is 0 Å². The van der Waals surface area contributed by atoms with Crippen LogP contribution < -0.4 is 0 Å². The first-order chi connectivity index (χ1) is 7.77. The second kappa shape index (κ2) is 3.27. The summed E-state index contributed by atoms with van der Waals surface area (Å²) >= 11 is 0. The van der Waals surface area contributed by atoms with Gasteiger partial charge in [0, 0.05) is 23.6 Å². The fourth-order valence-corrected chi connectivity index (χ4v) is 2.29. The molecule has 1 aliphatic rings. The van der Waals surface area contributed by atoms with Crippen molar-refractivity contribution in [2.45, 2.75) is 13.3 Å². The summed E-state index contributed by atoms with van der Waals surface area (Å²) in [6.45, 7) is 1.61. The molecule has 0 bridgehead atoms. The van der Waals surface area contributed by atoms with E-state index in [1.165, 1.54) is 5.56 Å². The zero-order valence-electron chi connectivity index (χ0n) is 9.03. The number of hydrogen-bond donors (Lipinski definition) is 0. The van der Waals surface area contributed by atoms with Crippen molar-refractivity contribution in [1.29, 1.82) is 0 Å². The topological polar surface area (TPSA) is 29.4 Å². The van der Waals surface area contributed by atoms with Crippen molar-refractivity contribution in [2.24, 2.45) is 4.99 Å². The third-order valence-electron chi connectivity index (χ3n) is 3.03. The predicted octanol–water partition coefficient (Wildman–Crippen LogP) is 3.30. The van der Waals surface area contributed by atoms with Gasteiger partial charge >= 0.3 is 0 Å². The number of Topliss-reactive ketones (excluding diaryl/α,β-unsaturated/α-hetero) is 1. The molecule has 1 heterocycles. The van der Waals surface area contributed by atoms with E-state index in [0.29, 0.717) is 0 Å². The molecular formula is C14H11NO. The molecule has 0 aliphatic carbocycles. The lowest BCUT2D eigenvalue weighted by Gasteiger charge is -2.13. The average Bonchev–Trinajstić information content (AvgIpc) is 2.30. The first-order valence-electron chi connectivity index (χ1n) is 5.35. The third kappa shape index (κ3) is 1.20. The van der Waals surface area contributed by atoms with Gasteiger partial charge in [0.05, 0.1) is 5.69 Å². The smallest absolute Gasteiger partial charge is 0.160 e. The monoisotopic (exact) mass is 209 g/mol. The minimum absolute atomic E-state index is 0.109. The molecule has 0 aromatic heterocycles. The van der Waals surface area contributed by atoms with Gasteiger partial charge in [-0.05, 0) is 30.0 Å². The number of rotatable bonds is 1. The van der Waals surface area contributed by atoms with Crippen LogP contribution in [0.1, 0.15) is 22.8 Å². The molecule has 0 amide bonds. The number of hydrogen-bond acceptors (Lipinski definition) is 2. The molecule has 0 N–H and O–H groups in total. The Bertz CT molecular complexity index is 626. The zero-order valence-corrected chi connectivity index (χ0v) is 9.03. The van der Waals surface area contributed by atoms with Crippen LogP contribution in [0.4, 0.5) is 5.69 Å². The number of nitrogens with zero attached hydrogens (tertiary/aromatic N) is 1. The quantitative estimate of drug-likeness (QED) is 0.662. The molecule has 2 aromatic carbocycles. The third-order valence-corrected chi connectivity index (χ3v) is 3.03. The van der Waals surface area contributed by atoms with E-state index >= 15 is 0 Å². The highest BCUT2D eigenvalue weighted by molar-refractivity contribution is 6.12. The number of carbonyl (C=O) groups excluding carboxylic acids is 1. The number of aliphatic imine (C=N–C) groups is 1. The Morgan fingerprint density at radius 2 is 2.12 bits per heavy atom. The van der Waals surface area contributed by atoms with Gasteiger partial charge in [-0.15, -0.1) is 0 Å². The number of carbonyl (C=O) groups is 1. The lowest BCUT2D eigenvalue weighted by molar-refractivity contribution is 0.101. The van der Waals surface area contributed by atoms with E-state index in [0.717, 1.165) is 28.4 Å². The van der Waals surface area contributed by atoms with Gasteiger partial charge in [-0.2, -0.15) is 0 Å². The predicted molar refractivity (Wildman–Crippen MR) is 65.8 cm³/mol. The molecule has 0 saturated heterocycles. The Kier molecular flexibility index (Phi) is 1.90. The summed E-state index contributed by atoms with van der Waals surface area (Å²) in [5, 5.41) is 2.16. The van der Waals surface area contributed by atoms with Crippen LogP contribution in [0.25, 0.3) is 10.8 Å². The summed E-state index contributed by atoms with van der Waals surface area (Å²) in [6.07, 6.45) is 2.77. The lowest BCUT2D eigenvalue weighted by atomic mass is 9.94. The highest BCUT2D eigenvalue weighted by atomic mass is 16.1. The molecule has 0 radical (unpaired) electrons. The molecule has 2 aromatic rings. The zero-order chi connectivity index (χ0) is 11.1. The van der Waals surface area contributed by atoms with Crippen molar-refractivity contribution in [3.63, 3.8) is 0 Å². The van der Waals surface area contributed by atoms with Crippen LogP contribution in [-0.2, 0) is 6.42 Å². The molecule has 1 aliphatic heterocycles. The van der Waals surface area contributed by atoms with Gasteiger partial charge in [0.1, 0.15) is 0 Å². The summed E-state index contributed by atoms with van der Waals surface area (Å²) in [7, 11) is 0. The Balaban J connectivity index is 2.49. The van der Waals surface area contributed by atoms with Crippen LogP contribution >= 0.6 is 0 Å². The number of benzene rings is 2. The summed E-state index contributed by atoms with van der Waals surface area (Å²) in [4.78, 5) is 15.9. The lowest BCUT2D eigenvalue weighted by Crippen LogP contribution is -1.99. The van der Waals surface area contributed by atoms with Gasteiger partial charge in [-0.1, -0.05) is 18.2 Å². The van der Waals surface area contributed by atoms with Crippen LogP contribution in [0.5, 0.6) is 0 Å². The molecule has 0 fully saturated rings. The van der Waals surface area contributed by atoms with Crippen LogP contribution in [0.15, 0.2) is 35.3 Å². The molecule has 78 valence electrons. The van der Waals surface area contributed by atoms with Crippen molar-refractivity contribution < 1.29 is 4.79 Å². The highest BCUT2D eigenvalue weighted by Gasteiger charge is 2.13. The molecule has 0 unspecified atom stereocenters. The highest BCUT2D eigenvalue weighted by Crippen LogP contribution is 2.34. The van der Waals surface area contributed by atoms with E-state index < -0.39 is 0 Å². The average molecular weight is 209 g/mol. The van der Waals surface area contributed by atoms with Crippen LogP contribution in [0.2, 0.25) is 0 Å². The van der Waals surface area contributed by atoms with Gasteiger partial charge in [0.25, 0.3) is 0 Å². The van der Waals surface area contributed by atoms with Gasteiger partial charge in [-0.25, -0.2) is 0 Å². The van der Waals surface area contributed by atoms with Gasteiger partial charge in [-0.3, -0.25) is 9.79 Å². The van der Waals surface area contributed by atoms with E-state index in [4.69, 9.17) is 0 Å². The second-order valence-corrected chi connectivity index (χ2v) is 4.04. The Morgan fingerprint density at radius 1 is 1.25 bits per heavy atom. The first kappa shape index (κ1) is 9.28. The molecule has 16 heavy (non-hydrogen) atoms. The fourth-order valence-electron chi connectivity index (χ4n) is 2.29. The summed E-state index contributed by atoms with van der Waals surface area (Å²) in [6, 6.07) is 9.90. The van der Waals surface area contributed by atoms with E-state index in [1.54, 1.807) is 6.92 Å². The molecule has 3 rings (SSSR count). The Morgan fingerprint density at radius 3 is 2.94 bits per heavy atom. The van der Waals surface area contributed by atoms with Crippen molar-refractivity contribution in [2.75, 3.05) is 0 Å². The van der Waals surface area contributed by atoms with Crippen molar-refractivity contribution in [3.05, 3.63) is 41.5 Å². The minimum atomic E-state index is 0.109. The molecule has 0 saturated carbocycles. The van der Waals surface area contributed by atoms with Gasteiger partial charge < -0.3 is 0 Å². The van der Waals surface area contributed by atoms with Crippen molar-refractivity contribution in [3.8, 4) is 0 Å². The fraction of sp³-hybridized carbons (Fsp3) is 0.143. The number of ketones is 1. The van der Waals surface area contributed by atoms with Crippen LogP contribution in [-0.4, -0.2) is 12.0 Å². The summed E-state index contributed by atoms with van der Waals surface area (Å²) in [5.74, 6) is 0.109.